The van der Waals surface area contributed by atoms with Crippen molar-refractivity contribution < 1.29 is 19.2 Å². The molecule has 1 aromatic carbocycles. The van der Waals surface area contributed by atoms with E-state index in [1.165, 1.54) is 12.1 Å². The van der Waals surface area contributed by atoms with E-state index in [9.17, 15) is 14.9 Å². The molecule has 0 fully saturated rings. The molecule has 0 aromatic heterocycles. The van der Waals surface area contributed by atoms with Crippen molar-refractivity contribution >= 4 is 11.8 Å². The Labute approximate surface area is 123 Å². The monoisotopic (exact) mass is 293 g/mol. The van der Waals surface area contributed by atoms with Gasteiger partial charge in [-0.15, -0.1) is 6.58 Å². The summed E-state index contributed by atoms with van der Waals surface area (Å²) < 4.78 is 10.3. The molecule has 21 heavy (non-hydrogen) atoms. The smallest absolute Gasteiger partial charge is 0.429 e. The topological polar surface area (TPSA) is 78.7 Å². The van der Waals surface area contributed by atoms with E-state index in [1.54, 1.807) is 39.0 Å². The van der Waals surface area contributed by atoms with Crippen LogP contribution in [-0.2, 0) is 9.47 Å². The first-order valence-corrected chi connectivity index (χ1v) is 6.48. The Kier molecular flexibility index (Phi) is 5.46. The minimum absolute atomic E-state index is 0.0200. The molecule has 0 saturated carbocycles. The zero-order valence-corrected chi connectivity index (χ0v) is 12.4. The van der Waals surface area contributed by atoms with Crippen molar-refractivity contribution in [3.63, 3.8) is 0 Å². The van der Waals surface area contributed by atoms with Crippen molar-refractivity contribution in [2.24, 2.45) is 0 Å². The van der Waals surface area contributed by atoms with E-state index in [2.05, 4.69) is 6.58 Å². The van der Waals surface area contributed by atoms with Gasteiger partial charge in [0.1, 0.15) is 11.7 Å². The Morgan fingerprint density at radius 1 is 1.38 bits per heavy atom. The standard InChI is InChI=1S/C15H19NO5/c1-5-6-13(20-14(17)21-15(2,3)4)11-7-9-12(10-8-11)16(18)19/h5,7-10,13H,1,6H2,2-4H3. The first-order chi connectivity index (χ1) is 9.73. The highest BCUT2D eigenvalue weighted by Crippen LogP contribution is 2.25. The Balaban J connectivity index is 2.83. The molecule has 1 unspecified atom stereocenters. The highest BCUT2D eigenvalue weighted by atomic mass is 16.7. The molecule has 0 N–H and O–H groups in total. The number of rotatable bonds is 5. The van der Waals surface area contributed by atoms with Crippen LogP contribution in [0.3, 0.4) is 0 Å². The summed E-state index contributed by atoms with van der Waals surface area (Å²) in [6.45, 7) is 8.83. The van der Waals surface area contributed by atoms with Gasteiger partial charge in [0, 0.05) is 18.6 Å². The van der Waals surface area contributed by atoms with Crippen LogP contribution >= 0.6 is 0 Å². The number of hydrogen-bond donors (Lipinski definition) is 0. The van der Waals surface area contributed by atoms with Crippen LogP contribution < -0.4 is 0 Å². The first-order valence-electron chi connectivity index (χ1n) is 6.48. The molecule has 1 aromatic rings. The lowest BCUT2D eigenvalue weighted by atomic mass is 10.1. The molecule has 0 saturated heterocycles. The average molecular weight is 293 g/mol. The van der Waals surface area contributed by atoms with Crippen LogP contribution in [0, 0.1) is 10.1 Å². The third-order valence-corrected chi connectivity index (χ3v) is 2.48. The van der Waals surface area contributed by atoms with E-state index in [4.69, 9.17) is 9.47 Å². The number of non-ortho nitro benzene ring substituents is 1. The number of nitro groups is 1. The van der Waals surface area contributed by atoms with Gasteiger partial charge in [-0.2, -0.15) is 0 Å². The minimum atomic E-state index is -0.785. The van der Waals surface area contributed by atoms with Crippen LogP contribution in [0.2, 0.25) is 0 Å². The highest BCUT2D eigenvalue weighted by molar-refractivity contribution is 5.61. The maximum Gasteiger partial charge on any atom is 0.509 e. The zero-order valence-electron chi connectivity index (χ0n) is 12.4. The number of ether oxygens (including phenoxy) is 2. The molecule has 1 atom stereocenters. The molecule has 6 nitrogen and oxygen atoms in total. The summed E-state index contributed by atoms with van der Waals surface area (Å²) in [4.78, 5) is 21.8. The number of carbonyl (C=O) groups is 1. The van der Waals surface area contributed by atoms with E-state index in [0.717, 1.165) is 0 Å². The quantitative estimate of drug-likeness (QED) is 0.352. The van der Waals surface area contributed by atoms with Crippen molar-refractivity contribution in [3.8, 4) is 0 Å². The number of carbonyl (C=O) groups excluding carboxylic acids is 1. The molecule has 0 spiro atoms. The second-order valence-electron chi connectivity index (χ2n) is 5.44. The summed E-state index contributed by atoms with van der Waals surface area (Å²) >= 11 is 0. The summed E-state index contributed by atoms with van der Waals surface area (Å²) in [7, 11) is 0. The SMILES string of the molecule is C=CCC(OC(=O)OC(C)(C)C)c1ccc([N+](=O)[O-])cc1. The normalized spacial score (nSPS) is 12.3. The molecule has 0 aliphatic carbocycles. The van der Waals surface area contributed by atoms with E-state index < -0.39 is 22.8 Å². The van der Waals surface area contributed by atoms with Crippen molar-refractivity contribution in [2.75, 3.05) is 0 Å². The molecule has 6 heteroatoms. The molecule has 0 bridgehead atoms. The van der Waals surface area contributed by atoms with Crippen LogP contribution in [0.5, 0.6) is 0 Å². The highest BCUT2D eigenvalue weighted by Gasteiger charge is 2.22. The predicted molar refractivity (Wildman–Crippen MR) is 78.0 cm³/mol. The van der Waals surface area contributed by atoms with Gasteiger partial charge < -0.3 is 9.47 Å². The molecule has 0 radical (unpaired) electrons. The van der Waals surface area contributed by atoms with Gasteiger partial charge in [-0.25, -0.2) is 4.79 Å². The summed E-state index contributed by atoms with van der Waals surface area (Å²) in [6.07, 6.45) is 0.624. The predicted octanol–water partition coefficient (Wildman–Crippen LogP) is 4.16. The largest absolute Gasteiger partial charge is 0.509 e. The third-order valence-electron chi connectivity index (χ3n) is 2.48. The molecule has 0 amide bonds. The van der Waals surface area contributed by atoms with Crippen LogP contribution in [0.1, 0.15) is 38.9 Å². The van der Waals surface area contributed by atoms with Gasteiger partial charge in [-0.05, 0) is 38.5 Å². The van der Waals surface area contributed by atoms with Gasteiger partial charge in [0.15, 0.2) is 0 Å². The lowest BCUT2D eigenvalue weighted by molar-refractivity contribution is -0.384. The fourth-order valence-electron chi connectivity index (χ4n) is 1.60. The fourth-order valence-corrected chi connectivity index (χ4v) is 1.60. The zero-order chi connectivity index (χ0) is 16.0. The molecule has 114 valence electrons. The van der Waals surface area contributed by atoms with E-state index in [0.29, 0.717) is 12.0 Å². The van der Waals surface area contributed by atoms with Gasteiger partial charge >= 0.3 is 6.16 Å². The molecule has 0 aliphatic rings. The van der Waals surface area contributed by atoms with Crippen molar-refractivity contribution in [3.05, 3.63) is 52.6 Å². The molecular weight excluding hydrogens is 274 g/mol. The van der Waals surface area contributed by atoms with Gasteiger partial charge in [-0.3, -0.25) is 10.1 Å². The van der Waals surface area contributed by atoms with Crippen LogP contribution in [0.4, 0.5) is 10.5 Å². The lowest BCUT2D eigenvalue weighted by Crippen LogP contribution is -2.25. The Morgan fingerprint density at radius 2 is 1.95 bits per heavy atom. The Bertz CT molecular complexity index is 516. The maximum atomic E-state index is 11.7. The number of benzene rings is 1. The second kappa shape index (κ2) is 6.88. The van der Waals surface area contributed by atoms with Crippen molar-refractivity contribution in [1.82, 2.24) is 0 Å². The number of nitrogens with zero attached hydrogens (tertiary/aromatic N) is 1. The van der Waals surface area contributed by atoms with E-state index in [1.807, 2.05) is 0 Å². The number of hydrogen-bond acceptors (Lipinski definition) is 5. The summed E-state index contributed by atoms with van der Waals surface area (Å²) in [6, 6.07) is 5.83. The van der Waals surface area contributed by atoms with Gasteiger partial charge in [-0.1, -0.05) is 6.08 Å². The molecule has 1 rings (SSSR count). The number of nitro benzene ring substituents is 1. The van der Waals surface area contributed by atoms with Gasteiger partial charge in [0.25, 0.3) is 5.69 Å². The van der Waals surface area contributed by atoms with Crippen LogP contribution in [0.25, 0.3) is 0 Å². The van der Waals surface area contributed by atoms with Gasteiger partial charge in [0.2, 0.25) is 0 Å². The Hall–Kier alpha value is -2.37. The van der Waals surface area contributed by atoms with Crippen molar-refractivity contribution in [2.45, 2.75) is 38.9 Å². The average Bonchev–Trinajstić information content (AvgIpc) is 2.36. The summed E-state index contributed by atoms with van der Waals surface area (Å²) in [5.74, 6) is 0. The van der Waals surface area contributed by atoms with Crippen molar-refractivity contribution in [1.29, 1.82) is 0 Å². The fraction of sp³-hybridized carbons (Fsp3) is 0.400. The van der Waals surface area contributed by atoms with Crippen LogP contribution in [-0.4, -0.2) is 16.7 Å². The third kappa shape index (κ3) is 5.64. The lowest BCUT2D eigenvalue weighted by Gasteiger charge is -2.22. The summed E-state index contributed by atoms with van der Waals surface area (Å²) in [5, 5.41) is 10.6. The molecule has 0 heterocycles. The minimum Gasteiger partial charge on any atom is -0.429 e. The molecule has 0 aliphatic heterocycles. The summed E-state index contributed by atoms with van der Waals surface area (Å²) in [5.41, 5.74) is -0.0228. The van der Waals surface area contributed by atoms with Gasteiger partial charge in [0.05, 0.1) is 4.92 Å². The maximum absolute atomic E-state index is 11.7. The molecular formula is C15H19NO5. The van der Waals surface area contributed by atoms with E-state index in [-0.39, 0.29) is 5.69 Å². The first kappa shape index (κ1) is 16.7. The van der Waals surface area contributed by atoms with E-state index >= 15 is 0 Å². The Morgan fingerprint density at radius 3 is 2.38 bits per heavy atom. The second-order valence-corrected chi connectivity index (χ2v) is 5.44. The van der Waals surface area contributed by atoms with Crippen LogP contribution in [0.15, 0.2) is 36.9 Å².